The van der Waals surface area contributed by atoms with Crippen LogP contribution in [-0.4, -0.2) is 9.79 Å². The largest absolute Gasteiger partial charge is 0.498 e. The van der Waals surface area contributed by atoms with E-state index < -0.39 is 14.6 Å². The molecule has 1 fully saturated rings. The van der Waals surface area contributed by atoms with E-state index in [0.717, 1.165) is 0 Å². The lowest BCUT2D eigenvalue weighted by molar-refractivity contribution is -0.532. The zero-order chi connectivity index (χ0) is 7.83. The first-order valence-corrected chi connectivity index (χ1v) is 5.69. The Bertz CT molecular complexity index is 199. The van der Waals surface area contributed by atoms with Gasteiger partial charge < -0.3 is 9.79 Å². The molecule has 0 spiro atoms. The Labute approximate surface area is 54.0 Å². The maximum absolute atomic E-state index is 10.6. The van der Waals surface area contributed by atoms with Crippen LogP contribution in [0.2, 0.25) is 0 Å². The van der Waals surface area contributed by atoms with Gasteiger partial charge in [0.1, 0.15) is 0 Å². The molecular weight excluding hydrogens is 190 g/mol. The zero-order valence-corrected chi connectivity index (χ0v) is 6.03. The molecule has 0 aromatic rings. The predicted octanol–water partition coefficient (Wildman–Crippen LogP) is 0.0972. The van der Waals surface area contributed by atoms with E-state index in [1.165, 1.54) is 0 Å². The van der Waals surface area contributed by atoms with Crippen molar-refractivity contribution in [2.24, 2.45) is 0 Å². The average Bonchev–Trinajstić information content (AvgIpc) is 2.13. The number of rotatable bonds is 1. The first-order valence-electron chi connectivity index (χ1n) is 1.83. The molecule has 1 saturated heterocycles. The standard InChI is InChI=1S/H2O8P2/c1-9(2,3)10(4)7-5-6-8-10/h(H2,1,2,3). The van der Waals surface area contributed by atoms with Crippen molar-refractivity contribution >= 4 is 14.6 Å². The summed E-state index contributed by atoms with van der Waals surface area (Å²) >= 11 is 0. The van der Waals surface area contributed by atoms with Gasteiger partial charge in [-0.25, -0.2) is 9.13 Å². The monoisotopic (exact) mass is 192 g/mol. The number of hydrogen-bond acceptors (Lipinski definition) is 6. The zero-order valence-electron chi connectivity index (χ0n) is 4.24. The van der Waals surface area contributed by atoms with Crippen molar-refractivity contribution in [1.29, 1.82) is 0 Å². The van der Waals surface area contributed by atoms with E-state index in [1.807, 2.05) is 0 Å². The lowest BCUT2D eigenvalue weighted by Gasteiger charge is -2.02. The minimum atomic E-state index is -4.96. The first-order chi connectivity index (χ1) is 4.46. The van der Waals surface area contributed by atoms with Crippen LogP contribution < -0.4 is 0 Å². The second-order valence-electron chi connectivity index (χ2n) is 1.27. The molecule has 60 valence electrons. The third kappa shape index (κ3) is 1.29. The molecule has 0 aromatic heterocycles. The van der Waals surface area contributed by atoms with Crippen molar-refractivity contribution < 1.29 is 38.3 Å². The van der Waals surface area contributed by atoms with Crippen LogP contribution in [0.5, 0.6) is 0 Å². The quantitative estimate of drug-likeness (QED) is 0.444. The van der Waals surface area contributed by atoms with Crippen LogP contribution in [0.1, 0.15) is 0 Å². The lowest BCUT2D eigenvalue weighted by Crippen LogP contribution is -1.81. The minimum Gasteiger partial charge on any atom is -0.316 e. The Kier molecular flexibility index (Phi) is 1.97. The van der Waals surface area contributed by atoms with Crippen molar-refractivity contribution in [2.45, 2.75) is 0 Å². The normalized spacial score (nSPS) is 25.0. The minimum absolute atomic E-state index is 3.41. The van der Waals surface area contributed by atoms with E-state index >= 15 is 0 Å². The van der Waals surface area contributed by atoms with E-state index in [2.05, 4.69) is 19.4 Å². The molecule has 0 saturated carbocycles. The fourth-order valence-corrected chi connectivity index (χ4v) is 1.29. The van der Waals surface area contributed by atoms with Gasteiger partial charge in [-0.2, -0.15) is 0 Å². The summed E-state index contributed by atoms with van der Waals surface area (Å²) in [4.78, 5) is 16.4. The van der Waals surface area contributed by atoms with Gasteiger partial charge >= 0.3 is 14.6 Å². The van der Waals surface area contributed by atoms with Crippen LogP contribution in [0.25, 0.3) is 0 Å². The van der Waals surface area contributed by atoms with Crippen LogP contribution in [-0.2, 0) is 28.6 Å². The van der Waals surface area contributed by atoms with Crippen LogP contribution in [0, 0.1) is 0 Å². The van der Waals surface area contributed by atoms with Gasteiger partial charge in [-0.1, -0.05) is 0 Å². The third-order valence-electron chi connectivity index (χ3n) is 0.596. The van der Waals surface area contributed by atoms with Gasteiger partial charge in [-0.05, 0) is 10.1 Å². The average molecular weight is 192 g/mol. The van der Waals surface area contributed by atoms with Gasteiger partial charge in [0, 0.05) is 0 Å². The van der Waals surface area contributed by atoms with E-state index in [9.17, 15) is 9.13 Å². The maximum atomic E-state index is 10.6. The molecule has 1 aliphatic heterocycles. The van der Waals surface area contributed by atoms with E-state index in [0.29, 0.717) is 0 Å². The molecule has 8 nitrogen and oxygen atoms in total. The molecule has 1 rings (SSSR count). The molecule has 0 bridgehead atoms. The Morgan fingerprint density at radius 2 is 1.60 bits per heavy atom. The third-order valence-corrected chi connectivity index (χ3v) is 4.05. The summed E-state index contributed by atoms with van der Waals surface area (Å²) in [5.74, 6) is 0. The molecule has 0 radical (unpaired) electrons. The molecule has 0 aliphatic carbocycles. The predicted molar refractivity (Wildman–Crippen MR) is 24.0 cm³/mol. The highest BCUT2D eigenvalue weighted by atomic mass is 32.1. The highest BCUT2D eigenvalue weighted by Crippen LogP contribution is 2.80. The molecule has 0 atom stereocenters. The maximum Gasteiger partial charge on any atom is 0.498 e. The van der Waals surface area contributed by atoms with Crippen LogP contribution >= 0.6 is 14.6 Å². The van der Waals surface area contributed by atoms with Crippen molar-refractivity contribution in [1.82, 2.24) is 0 Å². The first kappa shape index (κ1) is 8.32. The molecule has 10 heteroatoms. The van der Waals surface area contributed by atoms with Crippen molar-refractivity contribution in [2.75, 3.05) is 0 Å². The highest BCUT2D eigenvalue weighted by molar-refractivity contribution is 8.26. The van der Waals surface area contributed by atoms with Crippen LogP contribution in [0.3, 0.4) is 0 Å². The second kappa shape index (κ2) is 2.37. The van der Waals surface area contributed by atoms with Gasteiger partial charge in [-0.15, -0.1) is 9.35 Å². The molecule has 0 aromatic carbocycles. The van der Waals surface area contributed by atoms with Gasteiger partial charge in [-0.3, -0.25) is 0 Å². The van der Waals surface area contributed by atoms with E-state index in [4.69, 9.17) is 9.79 Å². The summed E-state index contributed by atoms with van der Waals surface area (Å²) in [6.45, 7) is 0. The Morgan fingerprint density at radius 1 is 1.20 bits per heavy atom. The number of hydrogen-bond donors (Lipinski definition) is 2. The molecule has 0 unspecified atom stereocenters. The van der Waals surface area contributed by atoms with Crippen molar-refractivity contribution in [3.63, 3.8) is 0 Å². The molecule has 10 heavy (non-hydrogen) atoms. The second-order valence-corrected chi connectivity index (χ2v) is 6.56. The fraction of sp³-hybridized carbons (Fsp3) is 0. The van der Waals surface area contributed by atoms with Gasteiger partial charge in [0.25, 0.3) is 0 Å². The molecule has 1 aliphatic rings. The molecule has 2 N–H and O–H groups in total. The SMILES string of the molecule is O=P(O)(O)P1(=O)OOOO1. The van der Waals surface area contributed by atoms with Crippen molar-refractivity contribution in [3.8, 4) is 0 Å². The summed E-state index contributed by atoms with van der Waals surface area (Å²) in [5.41, 5.74) is 0. The lowest BCUT2D eigenvalue weighted by atomic mass is 14.4. The summed E-state index contributed by atoms with van der Waals surface area (Å²) < 4.78 is 27.9. The van der Waals surface area contributed by atoms with Gasteiger partial charge in [0.05, 0.1) is 0 Å². The van der Waals surface area contributed by atoms with E-state index in [-0.39, 0.29) is 0 Å². The Morgan fingerprint density at radius 3 is 1.80 bits per heavy atom. The molecule has 0 amide bonds. The topological polar surface area (TPSA) is 112 Å². The van der Waals surface area contributed by atoms with Crippen LogP contribution in [0.4, 0.5) is 0 Å². The summed E-state index contributed by atoms with van der Waals surface area (Å²) in [7, 11) is -9.50. The van der Waals surface area contributed by atoms with Crippen molar-refractivity contribution in [3.05, 3.63) is 0 Å². The Balaban J connectivity index is 2.89. The highest BCUT2D eigenvalue weighted by Gasteiger charge is 2.53. The van der Waals surface area contributed by atoms with Crippen LogP contribution in [0.15, 0.2) is 0 Å². The molecule has 1 heterocycles. The fourth-order valence-electron chi connectivity index (χ4n) is 0.201. The molecular formula is H2O8P2. The van der Waals surface area contributed by atoms with E-state index in [1.54, 1.807) is 0 Å². The van der Waals surface area contributed by atoms with Gasteiger partial charge in [0.2, 0.25) is 0 Å². The summed E-state index contributed by atoms with van der Waals surface area (Å²) in [5, 5.41) is 6.82. The Hall–Kier alpha value is 0.220. The van der Waals surface area contributed by atoms with Gasteiger partial charge in [0.15, 0.2) is 0 Å². The smallest absolute Gasteiger partial charge is 0.316 e. The summed E-state index contributed by atoms with van der Waals surface area (Å²) in [6, 6.07) is 0. The summed E-state index contributed by atoms with van der Waals surface area (Å²) in [6.07, 6.45) is 0.